The molecule has 2 aromatic rings. The van der Waals surface area contributed by atoms with Crippen LogP contribution in [0.5, 0.6) is 0 Å². The maximum atomic E-state index is 14.1. The molecule has 6 rings (SSSR count). The first-order valence-electron chi connectivity index (χ1n) is 17.3. The monoisotopic (exact) mass is 632 g/mol. The first kappa shape index (κ1) is 32.7. The minimum absolute atomic E-state index is 0.00855. The van der Waals surface area contributed by atoms with Crippen LogP contribution in [0.1, 0.15) is 95.1 Å². The summed E-state index contributed by atoms with van der Waals surface area (Å²) in [5.74, 6) is -0.0306. The number of nitrogens with one attached hydrogen (secondary N) is 3. The Labute approximate surface area is 273 Å². The molecule has 4 fully saturated rings. The second kappa shape index (κ2) is 12.8. The van der Waals surface area contributed by atoms with Crippen molar-refractivity contribution in [3.63, 3.8) is 0 Å². The number of anilines is 1. The minimum atomic E-state index is -0.893. The van der Waals surface area contributed by atoms with Crippen LogP contribution in [0.25, 0.3) is 0 Å². The predicted molar refractivity (Wildman–Crippen MR) is 177 cm³/mol. The predicted octanol–water partition coefficient (Wildman–Crippen LogP) is 4.62. The van der Waals surface area contributed by atoms with Gasteiger partial charge in [-0.3, -0.25) is 24.0 Å². The van der Waals surface area contributed by atoms with E-state index in [2.05, 4.69) is 46.7 Å². The van der Waals surface area contributed by atoms with Gasteiger partial charge in [0.15, 0.2) is 0 Å². The summed E-state index contributed by atoms with van der Waals surface area (Å²) in [6, 6.07) is 8.75. The zero-order valence-electron chi connectivity index (χ0n) is 28.2. The van der Waals surface area contributed by atoms with Gasteiger partial charge in [0.1, 0.15) is 17.3 Å². The molecule has 1 aromatic heterocycles. The van der Waals surface area contributed by atoms with Gasteiger partial charge in [-0.15, -0.1) is 0 Å². The van der Waals surface area contributed by atoms with Crippen molar-refractivity contribution < 1.29 is 19.1 Å². The van der Waals surface area contributed by atoms with Gasteiger partial charge < -0.3 is 20.7 Å². The molecule has 3 amide bonds. The van der Waals surface area contributed by atoms with Crippen LogP contribution in [0, 0.1) is 22.7 Å². The molecule has 4 aliphatic rings. The van der Waals surface area contributed by atoms with E-state index in [1.54, 1.807) is 19.3 Å². The summed E-state index contributed by atoms with van der Waals surface area (Å²) >= 11 is 0. The van der Waals surface area contributed by atoms with E-state index in [1.165, 1.54) is 11.1 Å². The van der Waals surface area contributed by atoms with Gasteiger partial charge in [-0.05, 0) is 86.0 Å². The van der Waals surface area contributed by atoms with Crippen molar-refractivity contribution in [3.05, 3.63) is 47.8 Å². The molecule has 3 unspecified atom stereocenters. The number of aryl methyl sites for hydroxylation is 1. The summed E-state index contributed by atoms with van der Waals surface area (Å²) in [6.45, 7) is 11.1. The molecule has 0 radical (unpaired) electrons. The van der Waals surface area contributed by atoms with Crippen LogP contribution < -0.4 is 16.0 Å². The number of nitrogens with zero attached hydrogens (tertiary/aromatic N) is 3. The highest BCUT2D eigenvalue weighted by molar-refractivity contribution is 6.01. The summed E-state index contributed by atoms with van der Waals surface area (Å²) in [7, 11) is 1.73. The van der Waals surface area contributed by atoms with Crippen LogP contribution in [-0.2, 0) is 26.9 Å². The standard InChI is InChI=1S/C36H52N6O4/c1-24(34(2)15-7-16-34)38-33(45)36(4,42-20-22-46-23-21-42)26-10-12-27(13-11-26)39-32(44)30(40-31(43)28-14-19-37-41(28)5)29(25-8-6-9-25)35(3)17-18-35/h10-14,19,24-25,29-30H,6-9,15-18,20-23H2,1-5H3,(H,38,45)(H,39,44)(H,40,43)/t24?,29?,30-,36?/m0/s1. The van der Waals surface area contributed by atoms with Gasteiger partial charge >= 0.3 is 0 Å². The number of hydrogen-bond donors (Lipinski definition) is 3. The van der Waals surface area contributed by atoms with Crippen LogP contribution >= 0.6 is 0 Å². The van der Waals surface area contributed by atoms with Crippen molar-refractivity contribution in [1.29, 1.82) is 0 Å². The lowest BCUT2D eigenvalue weighted by Gasteiger charge is -2.47. The van der Waals surface area contributed by atoms with E-state index in [0.29, 0.717) is 43.6 Å². The van der Waals surface area contributed by atoms with Gasteiger partial charge in [-0.25, -0.2) is 0 Å². The van der Waals surface area contributed by atoms with E-state index in [0.717, 1.165) is 50.5 Å². The third kappa shape index (κ3) is 6.22. The number of carbonyl (C=O) groups is 3. The number of rotatable bonds is 12. The van der Waals surface area contributed by atoms with Crippen LogP contribution in [0.15, 0.2) is 36.5 Å². The van der Waals surface area contributed by atoms with E-state index in [-0.39, 0.29) is 40.5 Å². The lowest BCUT2D eigenvalue weighted by Crippen LogP contribution is -2.60. The Balaban J connectivity index is 1.23. The van der Waals surface area contributed by atoms with Crippen molar-refractivity contribution in [3.8, 4) is 0 Å². The Morgan fingerprint density at radius 3 is 2.15 bits per heavy atom. The van der Waals surface area contributed by atoms with Gasteiger partial charge in [-0.1, -0.05) is 51.7 Å². The SMILES string of the molecule is CC(NC(=O)C(C)(c1ccc(NC(=O)[C@@H](NC(=O)c2ccnn2C)C(C2CCC2)C2(C)CC2)cc1)N1CCOCC1)C1(C)CCC1. The first-order chi connectivity index (χ1) is 21.9. The highest BCUT2D eigenvalue weighted by Gasteiger charge is 2.54. The number of morpholine rings is 1. The normalized spacial score (nSPS) is 23.8. The molecule has 3 aliphatic carbocycles. The van der Waals surface area contributed by atoms with Crippen LogP contribution in [-0.4, -0.2) is 70.8 Å². The van der Waals surface area contributed by atoms with Crippen molar-refractivity contribution in [2.75, 3.05) is 31.6 Å². The molecule has 250 valence electrons. The molecule has 4 atom stereocenters. The maximum Gasteiger partial charge on any atom is 0.270 e. The zero-order valence-corrected chi connectivity index (χ0v) is 28.2. The van der Waals surface area contributed by atoms with Crippen LogP contribution in [0.4, 0.5) is 5.69 Å². The Kier molecular flexibility index (Phi) is 9.06. The molecule has 2 heterocycles. The lowest BCUT2D eigenvalue weighted by atomic mass is 9.66. The van der Waals surface area contributed by atoms with Gasteiger partial charge in [0.25, 0.3) is 5.91 Å². The fourth-order valence-corrected chi connectivity index (χ4v) is 7.95. The summed E-state index contributed by atoms with van der Waals surface area (Å²) < 4.78 is 7.17. The molecule has 0 bridgehead atoms. The second-order valence-electron chi connectivity index (χ2n) is 15.1. The van der Waals surface area contributed by atoms with Crippen LogP contribution in [0.2, 0.25) is 0 Å². The number of ether oxygens (including phenoxy) is 1. The van der Waals surface area contributed by atoms with Crippen molar-refractivity contribution in [2.45, 2.75) is 96.7 Å². The smallest absolute Gasteiger partial charge is 0.270 e. The molecular weight excluding hydrogens is 580 g/mol. The molecule has 10 nitrogen and oxygen atoms in total. The Morgan fingerprint density at radius 1 is 0.957 bits per heavy atom. The summed E-state index contributed by atoms with van der Waals surface area (Å²) in [5, 5.41) is 13.8. The zero-order chi connectivity index (χ0) is 32.7. The molecule has 0 spiro atoms. The van der Waals surface area contributed by atoms with Crippen molar-refractivity contribution in [1.82, 2.24) is 25.3 Å². The Hall–Kier alpha value is -3.24. The summed E-state index contributed by atoms with van der Waals surface area (Å²) in [5.41, 5.74) is 1.22. The largest absolute Gasteiger partial charge is 0.379 e. The van der Waals surface area contributed by atoms with E-state index in [9.17, 15) is 14.4 Å². The number of carbonyl (C=O) groups excluding carboxylic acids is 3. The molecule has 3 N–H and O–H groups in total. The third-order valence-corrected chi connectivity index (χ3v) is 12.2. The molecule has 1 aliphatic heterocycles. The highest BCUT2D eigenvalue weighted by atomic mass is 16.5. The second-order valence-corrected chi connectivity index (χ2v) is 15.1. The number of hydrogen-bond acceptors (Lipinski definition) is 6. The number of benzene rings is 1. The van der Waals surface area contributed by atoms with E-state index in [1.807, 2.05) is 31.2 Å². The molecule has 3 saturated carbocycles. The molecule has 10 heteroatoms. The fraction of sp³-hybridized carbons (Fsp3) is 0.667. The number of aromatic nitrogens is 2. The quantitative estimate of drug-likeness (QED) is 0.315. The average Bonchev–Trinajstić information content (AvgIpc) is 3.61. The topological polar surface area (TPSA) is 118 Å². The van der Waals surface area contributed by atoms with Crippen molar-refractivity contribution in [2.24, 2.45) is 29.7 Å². The fourth-order valence-electron chi connectivity index (χ4n) is 7.95. The molecule has 46 heavy (non-hydrogen) atoms. The van der Waals surface area contributed by atoms with Crippen LogP contribution in [0.3, 0.4) is 0 Å². The van der Waals surface area contributed by atoms with Crippen molar-refractivity contribution >= 4 is 23.4 Å². The molecule has 1 saturated heterocycles. The average molecular weight is 633 g/mol. The van der Waals surface area contributed by atoms with Gasteiger partial charge in [-0.2, -0.15) is 5.10 Å². The summed E-state index contributed by atoms with van der Waals surface area (Å²) in [4.78, 5) is 43.8. The van der Waals surface area contributed by atoms with E-state index in [4.69, 9.17) is 4.74 Å². The van der Waals surface area contributed by atoms with E-state index < -0.39 is 11.6 Å². The Morgan fingerprint density at radius 2 is 1.63 bits per heavy atom. The number of amides is 3. The summed E-state index contributed by atoms with van der Waals surface area (Å²) in [6.07, 6.45) is 10.5. The van der Waals surface area contributed by atoms with Gasteiger partial charge in [0, 0.05) is 38.1 Å². The lowest BCUT2D eigenvalue weighted by molar-refractivity contribution is -0.138. The maximum absolute atomic E-state index is 14.1. The van der Waals surface area contributed by atoms with Gasteiger partial charge in [0.2, 0.25) is 11.8 Å². The minimum Gasteiger partial charge on any atom is -0.379 e. The van der Waals surface area contributed by atoms with Gasteiger partial charge in [0.05, 0.1) is 13.2 Å². The van der Waals surface area contributed by atoms with E-state index >= 15 is 0 Å². The molecular formula is C36H52N6O4. The third-order valence-electron chi connectivity index (χ3n) is 12.2. The first-order valence-corrected chi connectivity index (χ1v) is 17.3. The molecule has 1 aromatic carbocycles. The Bertz CT molecular complexity index is 1420. The highest BCUT2D eigenvalue weighted by Crippen LogP contribution is 2.58.